The molecule has 152 valence electrons. The largest absolute Gasteiger partial charge is 0.508 e. The number of carbonyl (C=O) groups is 1. The van der Waals surface area contributed by atoms with Crippen molar-refractivity contribution >= 4 is 33.1 Å². The molecule has 6 nitrogen and oxygen atoms in total. The summed E-state index contributed by atoms with van der Waals surface area (Å²) in [6.07, 6.45) is 0. The first-order chi connectivity index (χ1) is 14.6. The minimum atomic E-state index is 0.0748. The lowest BCUT2D eigenvalue weighted by Crippen LogP contribution is -2.48. The number of fused-ring (bicyclic) bond motifs is 1. The average molecular weight is 419 g/mol. The summed E-state index contributed by atoms with van der Waals surface area (Å²) in [4.78, 5) is 19.0. The maximum Gasteiger partial charge on any atom is 0.264 e. The lowest BCUT2D eigenvalue weighted by molar-refractivity contribution is 0.0751. The quantitative estimate of drug-likeness (QED) is 0.545. The van der Waals surface area contributed by atoms with Gasteiger partial charge in [0, 0.05) is 43.3 Å². The molecule has 5 rings (SSSR count). The van der Waals surface area contributed by atoms with Crippen LogP contribution in [0.15, 0.2) is 60.7 Å². The number of nitrogens with zero attached hydrogens (tertiary/aromatic N) is 4. The van der Waals surface area contributed by atoms with Gasteiger partial charge in [-0.25, -0.2) is 4.68 Å². The number of benzene rings is 2. The maximum absolute atomic E-state index is 13.2. The third kappa shape index (κ3) is 3.31. The van der Waals surface area contributed by atoms with Crippen LogP contribution in [-0.2, 0) is 0 Å². The van der Waals surface area contributed by atoms with E-state index in [9.17, 15) is 9.90 Å². The minimum Gasteiger partial charge on any atom is -0.508 e. The Bertz CT molecular complexity index is 1210. The van der Waals surface area contributed by atoms with Gasteiger partial charge < -0.3 is 14.9 Å². The van der Waals surface area contributed by atoms with Crippen LogP contribution in [-0.4, -0.2) is 51.9 Å². The molecule has 0 atom stereocenters. The molecule has 0 unspecified atom stereocenters. The topological polar surface area (TPSA) is 61.6 Å². The highest BCUT2D eigenvalue weighted by Gasteiger charge is 2.25. The number of amides is 1. The second-order valence-electron chi connectivity index (χ2n) is 7.46. The number of anilines is 1. The lowest BCUT2D eigenvalue weighted by Gasteiger charge is -2.36. The average Bonchev–Trinajstić information content (AvgIpc) is 3.35. The van der Waals surface area contributed by atoms with Crippen LogP contribution >= 0.6 is 11.3 Å². The summed E-state index contributed by atoms with van der Waals surface area (Å²) in [6, 6.07) is 19.3. The predicted molar refractivity (Wildman–Crippen MR) is 120 cm³/mol. The molecule has 2 aromatic carbocycles. The van der Waals surface area contributed by atoms with E-state index in [-0.39, 0.29) is 11.7 Å². The van der Waals surface area contributed by atoms with Crippen LogP contribution in [0.1, 0.15) is 15.4 Å². The van der Waals surface area contributed by atoms with Gasteiger partial charge >= 0.3 is 0 Å². The molecule has 1 aliphatic rings. The van der Waals surface area contributed by atoms with Crippen LogP contribution in [0.4, 0.5) is 5.69 Å². The third-order valence-corrected chi connectivity index (χ3v) is 6.62. The summed E-state index contributed by atoms with van der Waals surface area (Å²) in [5.41, 5.74) is 2.91. The number of hydrogen-bond donors (Lipinski definition) is 1. The van der Waals surface area contributed by atoms with Crippen molar-refractivity contribution in [1.82, 2.24) is 14.7 Å². The number of para-hydroxylation sites is 1. The van der Waals surface area contributed by atoms with Gasteiger partial charge in [0.1, 0.15) is 10.6 Å². The van der Waals surface area contributed by atoms with Crippen LogP contribution in [0.2, 0.25) is 0 Å². The Labute approximate surface area is 178 Å². The van der Waals surface area contributed by atoms with Gasteiger partial charge in [0.05, 0.1) is 16.3 Å². The maximum atomic E-state index is 13.2. The van der Waals surface area contributed by atoms with Gasteiger partial charge in [-0.05, 0) is 37.3 Å². The molecule has 1 N–H and O–H groups in total. The van der Waals surface area contributed by atoms with Crippen molar-refractivity contribution in [3.05, 3.63) is 71.2 Å². The molecule has 1 aliphatic heterocycles. The van der Waals surface area contributed by atoms with Crippen LogP contribution in [0, 0.1) is 6.92 Å². The van der Waals surface area contributed by atoms with Gasteiger partial charge in [0.25, 0.3) is 5.91 Å². The summed E-state index contributed by atoms with van der Waals surface area (Å²) in [7, 11) is 0. The molecule has 4 aromatic rings. The third-order valence-electron chi connectivity index (χ3n) is 5.52. The van der Waals surface area contributed by atoms with E-state index in [1.165, 1.54) is 11.3 Å². The summed E-state index contributed by atoms with van der Waals surface area (Å²) in [5.74, 6) is 0.338. The summed E-state index contributed by atoms with van der Waals surface area (Å²) in [5, 5.41) is 15.4. The van der Waals surface area contributed by atoms with Gasteiger partial charge in [0.15, 0.2) is 0 Å². The van der Waals surface area contributed by atoms with E-state index >= 15 is 0 Å². The first-order valence-corrected chi connectivity index (χ1v) is 10.8. The standard InChI is InChI=1S/C23H22N4O2S/c1-16-20-15-21(30-23(20)27(24-16)17-6-3-2-4-7-17)22(29)26-12-10-25(11-13-26)18-8-5-9-19(28)14-18/h2-9,14-15,28H,10-13H2,1H3. The molecule has 7 heteroatoms. The molecule has 0 bridgehead atoms. The fourth-order valence-corrected chi connectivity index (χ4v) is 5.06. The summed E-state index contributed by atoms with van der Waals surface area (Å²) < 4.78 is 1.92. The molecule has 0 spiro atoms. The molecular weight excluding hydrogens is 396 g/mol. The first kappa shape index (κ1) is 18.7. The highest BCUT2D eigenvalue weighted by Crippen LogP contribution is 2.31. The second kappa shape index (κ2) is 7.50. The molecule has 0 saturated carbocycles. The Kier molecular flexibility index (Phi) is 4.67. The smallest absolute Gasteiger partial charge is 0.264 e. The summed E-state index contributed by atoms with van der Waals surface area (Å²) in [6.45, 7) is 4.80. The van der Waals surface area contributed by atoms with Crippen LogP contribution in [0.3, 0.4) is 0 Å². The zero-order valence-corrected chi connectivity index (χ0v) is 17.5. The van der Waals surface area contributed by atoms with Gasteiger partial charge in [-0.1, -0.05) is 24.3 Å². The van der Waals surface area contributed by atoms with Crippen LogP contribution in [0.25, 0.3) is 15.9 Å². The fourth-order valence-electron chi connectivity index (χ4n) is 3.91. The van der Waals surface area contributed by atoms with Gasteiger partial charge in [0.2, 0.25) is 0 Å². The van der Waals surface area contributed by atoms with Crippen LogP contribution < -0.4 is 4.90 Å². The molecule has 0 aliphatic carbocycles. The SMILES string of the molecule is Cc1nn(-c2ccccc2)c2sc(C(=O)N3CCN(c4cccc(O)c4)CC3)cc12. The zero-order chi connectivity index (χ0) is 20.7. The number of aromatic hydroxyl groups is 1. The van der Waals surface area contributed by atoms with E-state index in [0.29, 0.717) is 13.1 Å². The molecule has 30 heavy (non-hydrogen) atoms. The number of hydrogen-bond acceptors (Lipinski definition) is 5. The van der Waals surface area contributed by atoms with Gasteiger partial charge in [-0.3, -0.25) is 4.79 Å². The van der Waals surface area contributed by atoms with Crippen LogP contribution in [0.5, 0.6) is 5.75 Å². The van der Waals surface area contributed by atoms with Crippen molar-refractivity contribution in [2.45, 2.75) is 6.92 Å². The molecular formula is C23H22N4O2S. The number of rotatable bonds is 3. The van der Waals surface area contributed by atoms with Gasteiger partial charge in [-0.2, -0.15) is 5.10 Å². The highest BCUT2D eigenvalue weighted by atomic mass is 32.1. The van der Waals surface area contributed by atoms with E-state index in [0.717, 1.165) is 45.3 Å². The van der Waals surface area contributed by atoms with Gasteiger partial charge in [-0.15, -0.1) is 11.3 Å². The Morgan fingerprint density at radius 2 is 1.70 bits per heavy atom. The number of piperazine rings is 1. The lowest BCUT2D eigenvalue weighted by atomic mass is 10.2. The molecule has 2 aromatic heterocycles. The molecule has 1 saturated heterocycles. The van der Waals surface area contributed by atoms with E-state index in [4.69, 9.17) is 0 Å². The predicted octanol–water partition coefficient (Wildman–Crippen LogP) is 4.06. The zero-order valence-electron chi connectivity index (χ0n) is 16.7. The molecule has 0 radical (unpaired) electrons. The fraction of sp³-hybridized carbons (Fsp3) is 0.217. The van der Waals surface area contributed by atoms with E-state index in [1.807, 2.05) is 65.0 Å². The molecule has 1 amide bonds. The monoisotopic (exact) mass is 418 g/mol. The number of carbonyl (C=O) groups excluding carboxylic acids is 1. The Balaban J connectivity index is 1.36. The first-order valence-electron chi connectivity index (χ1n) is 9.98. The number of aryl methyl sites for hydroxylation is 1. The number of phenols is 1. The van der Waals surface area contributed by atoms with Crippen molar-refractivity contribution in [3.8, 4) is 11.4 Å². The highest BCUT2D eigenvalue weighted by molar-refractivity contribution is 7.20. The summed E-state index contributed by atoms with van der Waals surface area (Å²) >= 11 is 1.50. The van der Waals surface area contributed by atoms with Crippen molar-refractivity contribution in [3.63, 3.8) is 0 Å². The molecule has 1 fully saturated rings. The van der Waals surface area contributed by atoms with E-state index in [2.05, 4.69) is 10.00 Å². The Morgan fingerprint density at radius 1 is 0.967 bits per heavy atom. The molecule has 3 heterocycles. The Hall–Kier alpha value is -3.32. The minimum absolute atomic E-state index is 0.0748. The Morgan fingerprint density at radius 3 is 2.43 bits per heavy atom. The van der Waals surface area contributed by atoms with Crippen molar-refractivity contribution in [2.75, 3.05) is 31.1 Å². The number of aromatic nitrogens is 2. The second-order valence-corrected chi connectivity index (χ2v) is 8.49. The number of phenolic OH excluding ortho intramolecular Hbond substituents is 1. The van der Waals surface area contributed by atoms with E-state index < -0.39 is 0 Å². The number of thiophene rings is 1. The van der Waals surface area contributed by atoms with Crippen molar-refractivity contribution in [2.24, 2.45) is 0 Å². The van der Waals surface area contributed by atoms with Crippen molar-refractivity contribution < 1.29 is 9.90 Å². The van der Waals surface area contributed by atoms with Crippen molar-refractivity contribution in [1.29, 1.82) is 0 Å². The van der Waals surface area contributed by atoms with E-state index in [1.54, 1.807) is 12.1 Å². The normalized spacial score (nSPS) is 14.4.